The Bertz CT molecular complexity index is 899. The second-order valence-electron chi connectivity index (χ2n) is 5.33. The molecule has 0 saturated carbocycles. The van der Waals surface area contributed by atoms with Gasteiger partial charge in [-0.2, -0.15) is 0 Å². The summed E-state index contributed by atoms with van der Waals surface area (Å²) in [6, 6.07) is 13.4. The molecule has 0 unspecified atom stereocenters. The quantitative estimate of drug-likeness (QED) is 0.733. The van der Waals surface area contributed by atoms with Crippen LogP contribution in [0.5, 0.6) is 0 Å². The standard InChI is InChI=1S/C18H17ClN2O/c1-3-16-20-15-10-6-7-12(2)17(15)18(22)21(16)11-13-8-4-5-9-14(13)19/h4-10H,3,11H2,1-2H3. The third-order valence-electron chi connectivity index (χ3n) is 3.87. The van der Waals surface area contributed by atoms with Gasteiger partial charge in [-0.25, -0.2) is 4.98 Å². The summed E-state index contributed by atoms with van der Waals surface area (Å²) in [5.41, 5.74) is 2.64. The Balaban J connectivity index is 2.24. The number of aromatic nitrogens is 2. The highest BCUT2D eigenvalue weighted by atomic mass is 35.5. The van der Waals surface area contributed by atoms with Crippen LogP contribution < -0.4 is 5.56 Å². The van der Waals surface area contributed by atoms with E-state index in [0.29, 0.717) is 23.4 Å². The minimum absolute atomic E-state index is 0.000121. The highest BCUT2D eigenvalue weighted by Gasteiger charge is 2.12. The van der Waals surface area contributed by atoms with E-state index in [1.807, 2.05) is 56.3 Å². The lowest BCUT2D eigenvalue weighted by Gasteiger charge is -2.14. The molecule has 0 aliphatic heterocycles. The van der Waals surface area contributed by atoms with Crippen molar-refractivity contribution in [1.29, 1.82) is 0 Å². The predicted molar refractivity (Wildman–Crippen MR) is 90.7 cm³/mol. The van der Waals surface area contributed by atoms with E-state index in [1.165, 1.54) is 0 Å². The van der Waals surface area contributed by atoms with Crippen LogP contribution in [0.15, 0.2) is 47.3 Å². The zero-order chi connectivity index (χ0) is 15.7. The van der Waals surface area contributed by atoms with Crippen LogP contribution in [-0.4, -0.2) is 9.55 Å². The van der Waals surface area contributed by atoms with Gasteiger partial charge in [0.2, 0.25) is 0 Å². The second kappa shape index (κ2) is 5.93. The second-order valence-corrected chi connectivity index (χ2v) is 5.74. The Labute approximate surface area is 134 Å². The molecular formula is C18H17ClN2O. The molecule has 112 valence electrons. The van der Waals surface area contributed by atoms with Gasteiger partial charge in [0.15, 0.2) is 0 Å². The van der Waals surface area contributed by atoms with Gasteiger partial charge >= 0.3 is 0 Å². The number of fused-ring (bicyclic) bond motifs is 1. The number of hydrogen-bond acceptors (Lipinski definition) is 2. The van der Waals surface area contributed by atoms with Crippen LogP contribution in [0.1, 0.15) is 23.9 Å². The topological polar surface area (TPSA) is 34.9 Å². The van der Waals surface area contributed by atoms with Gasteiger partial charge in [0.1, 0.15) is 5.82 Å². The minimum atomic E-state index is -0.000121. The number of nitrogens with zero attached hydrogens (tertiary/aromatic N) is 2. The summed E-state index contributed by atoms with van der Waals surface area (Å²) in [6.07, 6.45) is 0.698. The van der Waals surface area contributed by atoms with Gasteiger partial charge in [0.25, 0.3) is 5.56 Å². The first kappa shape index (κ1) is 14.8. The first-order valence-electron chi connectivity index (χ1n) is 7.34. The normalized spacial score (nSPS) is 11.0. The molecule has 3 aromatic rings. The lowest BCUT2D eigenvalue weighted by molar-refractivity contribution is 0.686. The smallest absolute Gasteiger partial charge is 0.261 e. The molecule has 1 heterocycles. The fourth-order valence-electron chi connectivity index (χ4n) is 2.71. The molecule has 0 atom stereocenters. The lowest BCUT2D eigenvalue weighted by Crippen LogP contribution is -2.26. The summed E-state index contributed by atoms with van der Waals surface area (Å²) >= 11 is 6.24. The Morgan fingerprint density at radius 2 is 1.91 bits per heavy atom. The molecule has 0 bridgehead atoms. The van der Waals surface area contributed by atoms with E-state index in [2.05, 4.69) is 4.98 Å². The summed E-state index contributed by atoms with van der Waals surface area (Å²) in [6.45, 7) is 4.39. The van der Waals surface area contributed by atoms with Crippen LogP contribution in [0.4, 0.5) is 0 Å². The van der Waals surface area contributed by atoms with Gasteiger partial charge in [-0.1, -0.05) is 48.9 Å². The Kier molecular flexibility index (Phi) is 3.99. The van der Waals surface area contributed by atoms with E-state index in [9.17, 15) is 4.79 Å². The van der Waals surface area contributed by atoms with Gasteiger partial charge in [0, 0.05) is 11.4 Å². The molecule has 3 nitrogen and oxygen atoms in total. The number of benzene rings is 2. The maximum Gasteiger partial charge on any atom is 0.261 e. The van der Waals surface area contributed by atoms with Gasteiger partial charge in [0.05, 0.1) is 17.4 Å². The monoisotopic (exact) mass is 312 g/mol. The van der Waals surface area contributed by atoms with Crippen molar-refractivity contribution in [2.24, 2.45) is 0 Å². The minimum Gasteiger partial charge on any atom is -0.292 e. The fourth-order valence-corrected chi connectivity index (χ4v) is 2.90. The summed E-state index contributed by atoms with van der Waals surface area (Å²) < 4.78 is 1.73. The predicted octanol–water partition coefficient (Wildman–Crippen LogP) is 3.97. The third kappa shape index (κ3) is 2.53. The van der Waals surface area contributed by atoms with E-state index < -0.39 is 0 Å². The molecule has 0 aliphatic rings. The molecule has 4 heteroatoms. The Hall–Kier alpha value is -2.13. The fraction of sp³-hybridized carbons (Fsp3) is 0.222. The molecule has 0 fully saturated rings. The number of rotatable bonds is 3. The molecule has 0 radical (unpaired) electrons. The van der Waals surface area contributed by atoms with Crippen LogP contribution in [0.3, 0.4) is 0 Å². The number of hydrogen-bond donors (Lipinski definition) is 0. The molecule has 0 amide bonds. The van der Waals surface area contributed by atoms with E-state index in [1.54, 1.807) is 4.57 Å². The van der Waals surface area contributed by atoms with Crippen LogP contribution in [0.2, 0.25) is 5.02 Å². The van der Waals surface area contributed by atoms with Crippen molar-refractivity contribution in [3.63, 3.8) is 0 Å². The van der Waals surface area contributed by atoms with Crippen molar-refractivity contribution >= 4 is 22.5 Å². The lowest BCUT2D eigenvalue weighted by atomic mass is 10.1. The average molecular weight is 313 g/mol. The van der Waals surface area contributed by atoms with Crippen molar-refractivity contribution in [1.82, 2.24) is 9.55 Å². The molecule has 1 aromatic heterocycles. The van der Waals surface area contributed by atoms with Crippen molar-refractivity contribution < 1.29 is 0 Å². The zero-order valence-corrected chi connectivity index (χ0v) is 13.4. The third-order valence-corrected chi connectivity index (χ3v) is 4.24. The molecule has 2 aromatic carbocycles. The van der Waals surface area contributed by atoms with Crippen molar-refractivity contribution in [3.05, 3.63) is 74.8 Å². The average Bonchev–Trinajstić information content (AvgIpc) is 2.51. The van der Waals surface area contributed by atoms with E-state index in [-0.39, 0.29) is 5.56 Å². The van der Waals surface area contributed by atoms with Crippen LogP contribution >= 0.6 is 11.6 Å². The summed E-state index contributed by atoms with van der Waals surface area (Å²) in [7, 11) is 0. The van der Waals surface area contributed by atoms with Crippen LogP contribution in [-0.2, 0) is 13.0 Å². The molecule has 0 aliphatic carbocycles. The van der Waals surface area contributed by atoms with Crippen molar-refractivity contribution in [3.8, 4) is 0 Å². The number of halogens is 1. The molecule has 0 N–H and O–H groups in total. The van der Waals surface area contributed by atoms with Gasteiger partial charge < -0.3 is 0 Å². The van der Waals surface area contributed by atoms with E-state index >= 15 is 0 Å². The van der Waals surface area contributed by atoms with Crippen LogP contribution in [0, 0.1) is 6.92 Å². The maximum atomic E-state index is 12.9. The van der Waals surface area contributed by atoms with Gasteiger partial charge in [-0.15, -0.1) is 0 Å². The van der Waals surface area contributed by atoms with Crippen LogP contribution in [0.25, 0.3) is 10.9 Å². The highest BCUT2D eigenvalue weighted by molar-refractivity contribution is 6.31. The van der Waals surface area contributed by atoms with Gasteiger partial charge in [-0.3, -0.25) is 9.36 Å². The molecule has 0 spiro atoms. The first-order chi connectivity index (χ1) is 10.6. The maximum absolute atomic E-state index is 12.9. The summed E-state index contributed by atoms with van der Waals surface area (Å²) in [5, 5.41) is 1.35. The SMILES string of the molecule is CCc1nc2cccc(C)c2c(=O)n1Cc1ccccc1Cl. The molecule has 0 saturated heterocycles. The van der Waals surface area contributed by atoms with Crippen molar-refractivity contribution in [2.75, 3.05) is 0 Å². The zero-order valence-electron chi connectivity index (χ0n) is 12.6. The van der Waals surface area contributed by atoms with Gasteiger partial charge in [-0.05, 0) is 30.2 Å². The number of aryl methyl sites for hydroxylation is 2. The Morgan fingerprint density at radius 1 is 1.14 bits per heavy atom. The molecular weight excluding hydrogens is 296 g/mol. The summed E-state index contributed by atoms with van der Waals surface area (Å²) in [4.78, 5) is 17.6. The molecule has 22 heavy (non-hydrogen) atoms. The largest absolute Gasteiger partial charge is 0.292 e. The van der Waals surface area contributed by atoms with E-state index in [4.69, 9.17) is 11.6 Å². The first-order valence-corrected chi connectivity index (χ1v) is 7.72. The van der Waals surface area contributed by atoms with E-state index in [0.717, 1.165) is 22.5 Å². The Morgan fingerprint density at radius 3 is 2.64 bits per heavy atom. The summed E-state index contributed by atoms with van der Waals surface area (Å²) in [5.74, 6) is 0.781. The highest BCUT2D eigenvalue weighted by Crippen LogP contribution is 2.18. The van der Waals surface area contributed by atoms with Crippen molar-refractivity contribution in [2.45, 2.75) is 26.8 Å². The molecule has 3 rings (SSSR count).